The number of aromatic nitrogens is 1. The summed E-state index contributed by atoms with van der Waals surface area (Å²) >= 11 is 5.14. The molecule has 0 atom stereocenters. The predicted molar refractivity (Wildman–Crippen MR) is 85.0 cm³/mol. The van der Waals surface area contributed by atoms with Gasteiger partial charge in [-0.2, -0.15) is 11.8 Å². The highest BCUT2D eigenvalue weighted by molar-refractivity contribution is 9.10. The number of sulfonamides is 1. The highest BCUT2D eigenvalue weighted by Gasteiger charge is 2.22. The molecule has 0 radical (unpaired) electrons. The number of nitrogens with two attached hydrogens (primary N) is 1. The van der Waals surface area contributed by atoms with Crippen molar-refractivity contribution in [1.29, 1.82) is 0 Å². The Bertz CT molecular complexity index is 562. The molecule has 0 unspecified atom stereocenters. The van der Waals surface area contributed by atoms with Crippen molar-refractivity contribution >= 4 is 43.5 Å². The summed E-state index contributed by atoms with van der Waals surface area (Å²) in [5, 5.41) is 0. The number of rotatable bonds is 5. The molecule has 0 aliphatic carbocycles. The molecular formula is C11H17BrN4O2S2. The maximum atomic E-state index is 12.3. The van der Waals surface area contributed by atoms with E-state index in [1.54, 1.807) is 0 Å². The van der Waals surface area contributed by atoms with Crippen LogP contribution >= 0.6 is 27.7 Å². The second-order valence-electron chi connectivity index (χ2n) is 4.55. The summed E-state index contributed by atoms with van der Waals surface area (Å²) in [5.41, 5.74) is 2.31. The third kappa shape index (κ3) is 4.08. The van der Waals surface area contributed by atoms with E-state index in [-0.39, 0.29) is 10.7 Å². The number of halogens is 1. The van der Waals surface area contributed by atoms with Crippen LogP contribution in [0, 0.1) is 5.92 Å². The first kappa shape index (κ1) is 16.0. The molecular weight excluding hydrogens is 364 g/mol. The van der Waals surface area contributed by atoms with E-state index in [1.807, 2.05) is 11.8 Å². The van der Waals surface area contributed by atoms with Crippen LogP contribution in [0.4, 0.5) is 5.82 Å². The maximum Gasteiger partial charge on any atom is 0.244 e. The first-order valence-corrected chi connectivity index (χ1v) is 9.65. The van der Waals surface area contributed by atoms with Gasteiger partial charge in [-0.15, -0.1) is 0 Å². The SMILES string of the molecule is NNc1ncc(Br)cc1S(=O)(=O)NCC1CCSCC1. The fraction of sp³-hybridized carbons (Fsp3) is 0.545. The average Bonchev–Trinajstić information content (AvgIpc) is 2.46. The van der Waals surface area contributed by atoms with E-state index in [2.05, 4.69) is 31.1 Å². The Morgan fingerprint density at radius 2 is 2.15 bits per heavy atom. The summed E-state index contributed by atoms with van der Waals surface area (Å²) in [6.07, 6.45) is 3.59. The fourth-order valence-electron chi connectivity index (χ4n) is 1.99. The summed E-state index contributed by atoms with van der Waals surface area (Å²) in [5.74, 6) is 8.05. The average molecular weight is 381 g/mol. The van der Waals surface area contributed by atoms with E-state index in [4.69, 9.17) is 5.84 Å². The molecule has 1 fully saturated rings. The molecule has 0 saturated carbocycles. The van der Waals surface area contributed by atoms with Crippen molar-refractivity contribution in [3.63, 3.8) is 0 Å². The topological polar surface area (TPSA) is 97.1 Å². The number of nitrogens with zero attached hydrogens (tertiary/aromatic N) is 1. The third-order valence-corrected chi connectivity index (χ3v) is 6.07. The second kappa shape index (κ2) is 7.08. The van der Waals surface area contributed by atoms with Gasteiger partial charge in [-0.25, -0.2) is 24.0 Å². The zero-order valence-electron chi connectivity index (χ0n) is 10.8. The molecule has 112 valence electrons. The van der Waals surface area contributed by atoms with Gasteiger partial charge in [0.15, 0.2) is 5.82 Å². The fourth-order valence-corrected chi connectivity index (χ4v) is 4.94. The van der Waals surface area contributed by atoms with Crippen LogP contribution in [0.25, 0.3) is 0 Å². The lowest BCUT2D eigenvalue weighted by Gasteiger charge is -2.21. The third-order valence-electron chi connectivity index (χ3n) is 3.15. The van der Waals surface area contributed by atoms with Crippen molar-refractivity contribution in [2.75, 3.05) is 23.5 Å². The Kier molecular flexibility index (Phi) is 5.67. The van der Waals surface area contributed by atoms with Gasteiger partial charge in [0, 0.05) is 17.2 Å². The Hall–Kier alpha value is -0.350. The van der Waals surface area contributed by atoms with Crippen LogP contribution in [0.15, 0.2) is 21.6 Å². The van der Waals surface area contributed by atoms with Gasteiger partial charge in [0.05, 0.1) is 0 Å². The zero-order valence-corrected chi connectivity index (χ0v) is 14.0. The van der Waals surface area contributed by atoms with Crippen molar-refractivity contribution in [2.45, 2.75) is 17.7 Å². The van der Waals surface area contributed by atoms with Crippen LogP contribution in [0.1, 0.15) is 12.8 Å². The van der Waals surface area contributed by atoms with E-state index >= 15 is 0 Å². The summed E-state index contributed by atoms with van der Waals surface area (Å²) in [6.45, 7) is 0.458. The van der Waals surface area contributed by atoms with Gasteiger partial charge in [0.2, 0.25) is 10.0 Å². The van der Waals surface area contributed by atoms with E-state index in [0.717, 1.165) is 24.3 Å². The molecule has 0 bridgehead atoms. The van der Waals surface area contributed by atoms with Gasteiger partial charge in [-0.05, 0) is 52.3 Å². The van der Waals surface area contributed by atoms with Crippen LogP contribution in [-0.4, -0.2) is 31.5 Å². The Balaban J connectivity index is 2.11. The molecule has 2 rings (SSSR count). The van der Waals surface area contributed by atoms with E-state index in [0.29, 0.717) is 16.9 Å². The second-order valence-corrected chi connectivity index (χ2v) is 8.43. The lowest BCUT2D eigenvalue weighted by molar-refractivity contribution is 0.476. The molecule has 0 amide bonds. The first-order chi connectivity index (χ1) is 9.53. The highest BCUT2D eigenvalue weighted by Crippen LogP contribution is 2.24. The normalized spacial score (nSPS) is 17.1. The number of thioether (sulfide) groups is 1. The Morgan fingerprint density at radius 1 is 1.45 bits per heavy atom. The van der Waals surface area contributed by atoms with Gasteiger partial charge in [-0.1, -0.05) is 0 Å². The zero-order chi connectivity index (χ0) is 14.6. The van der Waals surface area contributed by atoms with Crippen molar-refractivity contribution < 1.29 is 8.42 Å². The lowest BCUT2D eigenvalue weighted by Crippen LogP contribution is -2.32. The Labute approximate surface area is 131 Å². The number of anilines is 1. The van der Waals surface area contributed by atoms with E-state index in [1.165, 1.54) is 12.3 Å². The number of nitrogens with one attached hydrogen (secondary N) is 2. The summed E-state index contributed by atoms with van der Waals surface area (Å²) in [6, 6.07) is 1.49. The molecule has 1 aliphatic rings. The monoisotopic (exact) mass is 380 g/mol. The van der Waals surface area contributed by atoms with Crippen molar-refractivity contribution in [3.8, 4) is 0 Å². The van der Waals surface area contributed by atoms with Gasteiger partial charge in [0.25, 0.3) is 0 Å². The lowest BCUT2D eigenvalue weighted by atomic mass is 10.0. The molecule has 1 aliphatic heterocycles. The maximum absolute atomic E-state index is 12.3. The molecule has 0 spiro atoms. The molecule has 1 aromatic rings. The number of pyridine rings is 1. The predicted octanol–water partition coefficient (Wildman–Crippen LogP) is 1.55. The quantitative estimate of drug-likeness (QED) is 0.529. The van der Waals surface area contributed by atoms with Crippen molar-refractivity contribution in [3.05, 3.63) is 16.7 Å². The number of hydrazine groups is 1. The number of hydrogen-bond acceptors (Lipinski definition) is 6. The largest absolute Gasteiger partial charge is 0.307 e. The summed E-state index contributed by atoms with van der Waals surface area (Å²) in [4.78, 5) is 4.01. The molecule has 20 heavy (non-hydrogen) atoms. The van der Waals surface area contributed by atoms with Crippen molar-refractivity contribution in [1.82, 2.24) is 9.71 Å². The molecule has 2 heterocycles. The van der Waals surface area contributed by atoms with Crippen LogP contribution in [0.2, 0.25) is 0 Å². The van der Waals surface area contributed by atoms with Crippen LogP contribution in [0.5, 0.6) is 0 Å². The summed E-state index contributed by atoms with van der Waals surface area (Å²) < 4.78 is 27.9. The molecule has 6 nitrogen and oxygen atoms in total. The van der Waals surface area contributed by atoms with Gasteiger partial charge >= 0.3 is 0 Å². The van der Waals surface area contributed by atoms with Crippen molar-refractivity contribution in [2.24, 2.45) is 11.8 Å². The van der Waals surface area contributed by atoms with E-state index in [9.17, 15) is 8.42 Å². The molecule has 1 saturated heterocycles. The minimum absolute atomic E-state index is 0.0551. The first-order valence-electron chi connectivity index (χ1n) is 6.22. The summed E-state index contributed by atoms with van der Waals surface area (Å²) in [7, 11) is -3.62. The van der Waals surface area contributed by atoms with Crippen LogP contribution < -0.4 is 16.0 Å². The smallest absolute Gasteiger partial charge is 0.244 e. The standard InChI is InChI=1S/C11H17BrN4O2S2/c12-9-5-10(11(16-13)14-7-9)20(17,18)15-6-8-1-3-19-4-2-8/h5,7-8,15H,1-4,6,13H2,(H,14,16). The number of nitrogen functional groups attached to an aromatic ring is 1. The minimum atomic E-state index is -3.62. The minimum Gasteiger partial charge on any atom is -0.307 e. The molecule has 9 heteroatoms. The molecule has 4 N–H and O–H groups in total. The van der Waals surface area contributed by atoms with Crippen LogP contribution in [-0.2, 0) is 10.0 Å². The molecule has 1 aromatic heterocycles. The van der Waals surface area contributed by atoms with E-state index < -0.39 is 10.0 Å². The van der Waals surface area contributed by atoms with Gasteiger partial charge in [-0.3, -0.25) is 0 Å². The Morgan fingerprint density at radius 3 is 2.80 bits per heavy atom. The van der Waals surface area contributed by atoms with Gasteiger partial charge in [0.1, 0.15) is 4.90 Å². The number of hydrogen-bond donors (Lipinski definition) is 3. The van der Waals surface area contributed by atoms with Gasteiger partial charge < -0.3 is 5.43 Å². The highest BCUT2D eigenvalue weighted by atomic mass is 79.9. The van der Waals surface area contributed by atoms with Crippen LogP contribution in [0.3, 0.4) is 0 Å². The molecule has 0 aromatic carbocycles.